The van der Waals surface area contributed by atoms with Gasteiger partial charge < -0.3 is 10.2 Å². The summed E-state index contributed by atoms with van der Waals surface area (Å²) in [5.74, 6) is 0.241. The molecule has 4 rings (SSSR count). The average molecular weight is 481 g/mol. The van der Waals surface area contributed by atoms with Crippen LogP contribution in [0, 0.1) is 0 Å². The van der Waals surface area contributed by atoms with Crippen LogP contribution in [0.4, 0.5) is 5.69 Å². The Hall–Kier alpha value is -3.73. The van der Waals surface area contributed by atoms with Gasteiger partial charge in [0.15, 0.2) is 5.82 Å². The highest BCUT2D eigenvalue weighted by atomic mass is 32.2. The van der Waals surface area contributed by atoms with Gasteiger partial charge in [-0.3, -0.25) is 14.2 Å². The van der Waals surface area contributed by atoms with Crippen molar-refractivity contribution in [2.45, 2.75) is 17.4 Å². The predicted octanol–water partition coefficient (Wildman–Crippen LogP) is 1.70. The van der Waals surface area contributed by atoms with Crippen LogP contribution < -0.4 is 9.86 Å². The number of aromatic amines is 1. The average Bonchev–Trinajstić information content (AvgIpc) is 3.23. The first-order chi connectivity index (χ1) is 16.4. The zero-order valence-electron chi connectivity index (χ0n) is 18.2. The van der Waals surface area contributed by atoms with Crippen molar-refractivity contribution >= 4 is 15.7 Å². The zero-order chi connectivity index (χ0) is 24.1. The number of benzene rings is 2. The molecule has 1 unspecified atom stereocenters. The molecule has 2 aromatic heterocycles. The number of nitrogens with zero attached hydrogens (tertiary/aromatic N) is 3. The molecule has 1 atom stereocenters. The molecule has 0 fully saturated rings. The summed E-state index contributed by atoms with van der Waals surface area (Å²) < 4.78 is 28.9. The van der Waals surface area contributed by atoms with Crippen molar-refractivity contribution in [2.24, 2.45) is 0 Å². The molecule has 0 amide bonds. The molecule has 0 aliphatic rings. The Morgan fingerprint density at radius 3 is 2.29 bits per heavy atom. The summed E-state index contributed by atoms with van der Waals surface area (Å²) >= 11 is 0. The van der Waals surface area contributed by atoms with Crippen molar-refractivity contribution in [3.05, 3.63) is 107 Å². The number of aromatic nitrogens is 3. The van der Waals surface area contributed by atoms with Gasteiger partial charge in [0.2, 0.25) is 0 Å². The minimum atomic E-state index is -4.10. The largest absolute Gasteiger partial charge is 0.394 e. The van der Waals surface area contributed by atoms with E-state index in [4.69, 9.17) is 0 Å². The lowest BCUT2D eigenvalue weighted by Crippen LogP contribution is -2.39. The first-order valence-electron chi connectivity index (χ1n) is 10.6. The number of hydrogen-bond donors (Lipinski definition) is 3. The number of pyridine rings is 1. The van der Waals surface area contributed by atoms with Crippen LogP contribution in [-0.4, -0.2) is 52.7 Å². The van der Waals surface area contributed by atoms with E-state index in [0.717, 1.165) is 16.1 Å². The van der Waals surface area contributed by atoms with Gasteiger partial charge in [0.1, 0.15) is 4.90 Å². The van der Waals surface area contributed by atoms with Crippen molar-refractivity contribution in [3.63, 3.8) is 0 Å². The van der Waals surface area contributed by atoms with E-state index in [-0.39, 0.29) is 22.8 Å². The topological polar surface area (TPSA) is 129 Å². The van der Waals surface area contributed by atoms with Crippen LogP contribution in [0.2, 0.25) is 0 Å². The normalized spacial score (nSPS) is 12.4. The van der Waals surface area contributed by atoms with E-state index in [2.05, 4.69) is 10.1 Å². The summed E-state index contributed by atoms with van der Waals surface area (Å²) in [6.45, 7) is -0.916. The summed E-state index contributed by atoms with van der Waals surface area (Å²) in [6, 6.07) is 20.6. The van der Waals surface area contributed by atoms with E-state index >= 15 is 0 Å². The maximum atomic E-state index is 13.3. The van der Waals surface area contributed by atoms with E-state index < -0.39 is 22.7 Å². The number of aliphatic hydroxyl groups excluding tert-OH is 2. The SMILES string of the molecule is O=c1c(Cc2ccccc2)c[nH]n1-c1ccc(S(=O)(=O)N(CC(O)CO)c2ccccc2)cn1. The second-order valence-electron chi connectivity index (χ2n) is 7.66. The maximum absolute atomic E-state index is 13.3. The number of hydrogen-bond acceptors (Lipinski definition) is 6. The zero-order valence-corrected chi connectivity index (χ0v) is 19.0. The predicted molar refractivity (Wildman–Crippen MR) is 127 cm³/mol. The molecule has 9 nitrogen and oxygen atoms in total. The van der Waals surface area contributed by atoms with E-state index in [1.807, 2.05) is 30.3 Å². The van der Waals surface area contributed by atoms with Crippen LogP contribution >= 0.6 is 0 Å². The van der Waals surface area contributed by atoms with Gasteiger partial charge >= 0.3 is 0 Å². The summed E-state index contributed by atoms with van der Waals surface area (Å²) in [4.78, 5) is 16.9. The van der Waals surface area contributed by atoms with Crippen LogP contribution in [0.15, 0.2) is 94.9 Å². The number of rotatable bonds is 9. The highest BCUT2D eigenvalue weighted by Gasteiger charge is 2.27. The fourth-order valence-electron chi connectivity index (χ4n) is 3.49. The van der Waals surface area contributed by atoms with Crippen molar-refractivity contribution < 1.29 is 18.6 Å². The molecule has 0 bridgehead atoms. The first-order valence-corrected chi connectivity index (χ1v) is 12.0. The van der Waals surface area contributed by atoms with Gasteiger partial charge in [0.25, 0.3) is 15.6 Å². The van der Waals surface area contributed by atoms with Crippen molar-refractivity contribution in [1.82, 2.24) is 14.8 Å². The second kappa shape index (κ2) is 10.0. The molecule has 176 valence electrons. The molecule has 0 radical (unpaired) electrons. The Morgan fingerprint density at radius 2 is 1.68 bits per heavy atom. The van der Waals surface area contributed by atoms with Gasteiger partial charge in [-0.2, -0.15) is 0 Å². The summed E-state index contributed by atoms with van der Waals surface area (Å²) in [6.07, 6.45) is 1.96. The van der Waals surface area contributed by atoms with Crippen LogP contribution in [0.5, 0.6) is 0 Å². The lowest BCUT2D eigenvalue weighted by atomic mass is 10.1. The third-order valence-corrected chi connectivity index (χ3v) is 7.03. The molecule has 0 spiro atoms. The number of para-hydroxylation sites is 1. The molecule has 2 aromatic carbocycles. The van der Waals surface area contributed by atoms with Crippen molar-refractivity contribution in [3.8, 4) is 5.82 Å². The molecule has 0 saturated carbocycles. The molecule has 3 N–H and O–H groups in total. The monoisotopic (exact) mass is 480 g/mol. The lowest BCUT2D eigenvalue weighted by Gasteiger charge is -2.26. The molecule has 2 heterocycles. The van der Waals surface area contributed by atoms with Gasteiger partial charge in [-0.15, -0.1) is 0 Å². The smallest absolute Gasteiger partial charge is 0.276 e. The molecule has 34 heavy (non-hydrogen) atoms. The van der Waals surface area contributed by atoms with Crippen molar-refractivity contribution in [2.75, 3.05) is 17.5 Å². The Kier molecular flexibility index (Phi) is 6.92. The Morgan fingerprint density at radius 1 is 1.00 bits per heavy atom. The second-order valence-corrected chi connectivity index (χ2v) is 9.52. The number of aliphatic hydroxyl groups is 2. The third-order valence-electron chi connectivity index (χ3n) is 5.25. The number of sulfonamides is 1. The molecule has 0 saturated heterocycles. The minimum absolute atomic E-state index is 0.116. The maximum Gasteiger partial charge on any atom is 0.276 e. The summed E-state index contributed by atoms with van der Waals surface area (Å²) in [5.41, 5.74) is 1.61. The number of H-pyrrole nitrogens is 1. The van der Waals surface area contributed by atoms with Crippen LogP contribution in [0.1, 0.15) is 11.1 Å². The third kappa shape index (κ3) is 4.93. The standard InChI is InChI=1S/C24H24N4O5S/c29-17-21(30)16-27(20-9-5-2-6-10-20)34(32,33)22-11-12-23(25-15-22)28-24(31)19(14-26-28)13-18-7-3-1-4-8-18/h1-12,14-15,21,26,29-30H,13,16-17H2. The van der Waals surface area contributed by atoms with E-state index in [1.165, 1.54) is 16.8 Å². The van der Waals surface area contributed by atoms with E-state index in [9.17, 15) is 23.4 Å². The van der Waals surface area contributed by atoms with Crippen molar-refractivity contribution in [1.29, 1.82) is 0 Å². The number of nitrogens with one attached hydrogen (secondary N) is 1. The van der Waals surface area contributed by atoms with Crippen LogP contribution in [-0.2, 0) is 16.4 Å². The van der Waals surface area contributed by atoms with Gasteiger partial charge in [0, 0.05) is 24.4 Å². The highest BCUT2D eigenvalue weighted by Crippen LogP contribution is 2.24. The Labute approximate surface area is 196 Å². The van der Waals surface area contributed by atoms with Crippen LogP contribution in [0.25, 0.3) is 5.82 Å². The fourth-order valence-corrected chi connectivity index (χ4v) is 4.94. The van der Waals surface area contributed by atoms with Crippen LogP contribution in [0.3, 0.4) is 0 Å². The van der Waals surface area contributed by atoms with Gasteiger partial charge in [-0.05, 0) is 29.8 Å². The summed E-state index contributed by atoms with van der Waals surface area (Å²) in [5, 5.41) is 22.0. The molecule has 0 aliphatic carbocycles. The quantitative estimate of drug-likeness (QED) is 0.335. The van der Waals surface area contributed by atoms with E-state index in [1.54, 1.807) is 36.5 Å². The molecular weight excluding hydrogens is 456 g/mol. The first kappa shape index (κ1) is 23.4. The number of anilines is 1. The highest BCUT2D eigenvalue weighted by molar-refractivity contribution is 7.92. The van der Waals surface area contributed by atoms with Gasteiger partial charge in [-0.1, -0.05) is 48.5 Å². The fraction of sp³-hybridized carbons (Fsp3) is 0.167. The summed E-state index contributed by atoms with van der Waals surface area (Å²) in [7, 11) is -4.10. The minimum Gasteiger partial charge on any atom is -0.394 e. The Balaban J connectivity index is 1.62. The lowest BCUT2D eigenvalue weighted by molar-refractivity contribution is 0.102. The molecular formula is C24H24N4O5S. The Bertz CT molecular complexity index is 1380. The molecule has 0 aliphatic heterocycles. The van der Waals surface area contributed by atoms with Gasteiger partial charge in [0.05, 0.1) is 24.9 Å². The molecule has 10 heteroatoms. The molecule has 4 aromatic rings. The van der Waals surface area contributed by atoms with E-state index in [0.29, 0.717) is 17.7 Å². The van der Waals surface area contributed by atoms with Gasteiger partial charge in [-0.25, -0.2) is 18.1 Å².